The lowest BCUT2D eigenvalue weighted by molar-refractivity contribution is -0.307. The molecule has 13 heavy (non-hydrogen) atoms. The summed E-state index contributed by atoms with van der Waals surface area (Å²) in [5, 5.41) is 10.2. The third-order valence-corrected chi connectivity index (χ3v) is 3.02. The van der Waals surface area contributed by atoms with E-state index in [-0.39, 0.29) is 5.75 Å². The van der Waals surface area contributed by atoms with Crippen molar-refractivity contribution in [3.63, 3.8) is 0 Å². The van der Waals surface area contributed by atoms with Crippen molar-refractivity contribution >= 4 is 16.0 Å². The van der Waals surface area contributed by atoms with Crippen LogP contribution in [-0.4, -0.2) is 26.2 Å². The number of carbonyl (C=O) groups is 1. The Morgan fingerprint density at radius 2 is 2.08 bits per heavy atom. The predicted octanol–water partition coefficient (Wildman–Crippen LogP) is -1.16. The van der Waals surface area contributed by atoms with E-state index in [0.29, 0.717) is 6.42 Å². The number of hydrogen-bond donors (Lipinski definition) is 1. The Kier molecular flexibility index (Phi) is 4.94. The maximum atomic E-state index is 11.1. The van der Waals surface area contributed by atoms with Crippen molar-refractivity contribution in [2.45, 2.75) is 32.7 Å². The van der Waals surface area contributed by atoms with Crippen molar-refractivity contribution < 1.29 is 18.3 Å². The molecule has 6 heteroatoms. The fourth-order valence-electron chi connectivity index (χ4n) is 0.711. The molecule has 1 atom stereocenters. The molecule has 0 bridgehead atoms. The van der Waals surface area contributed by atoms with Gasteiger partial charge >= 0.3 is 0 Å². The van der Waals surface area contributed by atoms with Gasteiger partial charge in [-0.1, -0.05) is 13.3 Å². The highest BCUT2D eigenvalue weighted by Crippen LogP contribution is 1.94. The van der Waals surface area contributed by atoms with Gasteiger partial charge in [0.25, 0.3) is 0 Å². The van der Waals surface area contributed by atoms with Crippen molar-refractivity contribution in [3.05, 3.63) is 0 Å². The predicted molar refractivity (Wildman–Crippen MR) is 46.3 cm³/mol. The van der Waals surface area contributed by atoms with Crippen LogP contribution >= 0.6 is 0 Å². The average molecular weight is 208 g/mol. The SMILES string of the molecule is CCCCS(=O)(=O)N[C@H](C)C(=O)[O-]. The normalized spacial score (nSPS) is 14.0. The Balaban J connectivity index is 4.10. The fourth-order valence-corrected chi connectivity index (χ4v) is 2.13. The van der Waals surface area contributed by atoms with E-state index in [1.54, 1.807) is 0 Å². The number of aliphatic carboxylic acids is 1. The largest absolute Gasteiger partial charge is 0.548 e. The highest BCUT2D eigenvalue weighted by molar-refractivity contribution is 7.89. The lowest BCUT2D eigenvalue weighted by Crippen LogP contribution is -2.46. The first-order chi connectivity index (χ1) is 5.89. The van der Waals surface area contributed by atoms with Gasteiger partial charge in [-0.15, -0.1) is 0 Å². The van der Waals surface area contributed by atoms with Gasteiger partial charge in [-0.3, -0.25) is 0 Å². The Hall–Kier alpha value is -0.620. The molecule has 5 nitrogen and oxygen atoms in total. The molecule has 0 heterocycles. The Labute approximate surface area is 78.2 Å². The molecule has 0 aliphatic carbocycles. The van der Waals surface area contributed by atoms with Gasteiger partial charge in [0.15, 0.2) is 0 Å². The van der Waals surface area contributed by atoms with Crippen LogP contribution in [0.4, 0.5) is 0 Å². The van der Waals surface area contributed by atoms with Crippen LogP contribution in [0.1, 0.15) is 26.7 Å². The fraction of sp³-hybridized carbons (Fsp3) is 0.857. The van der Waals surface area contributed by atoms with Crippen LogP contribution in [0.5, 0.6) is 0 Å². The zero-order chi connectivity index (χ0) is 10.5. The molecule has 78 valence electrons. The van der Waals surface area contributed by atoms with Gasteiger partial charge in [-0.25, -0.2) is 13.1 Å². The summed E-state index contributed by atoms with van der Waals surface area (Å²) in [4.78, 5) is 10.2. The van der Waals surface area contributed by atoms with Gasteiger partial charge in [0.05, 0.1) is 17.8 Å². The van der Waals surface area contributed by atoms with Crippen LogP contribution in [0.25, 0.3) is 0 Å². The van der Waals surface area contributed by atoms with Gasteiger partial charge in [-0.2, -0.15) is 0 Å². The number of unbranched alkanes of at least 4 members (excludes halogenated alkanes) is 1. The molecular weight excluding hydrogens is 194 g/mol. The molecule has 0 unspecified atom stereocenters. The molecule has 0 aromatic rings. The van der Waals surface area contributed by atoms with Gasteiger partial charge < -0.3 is 9.90 Å². The topological polar surface area (TPSA) is 86.3 Å². The lowest BCUT2D eigenvalue weighted by Gasteiger charge is -2.14. The second-order valence-electron chi connectivity index (χ2n) is 2.83. The number of nitrogens with one attached hydrogen (secondary N) is 1. The minimum Gasteiger partial charge on any atom is -0.548 e. The molecule has 0 aliphatic heterocycles. The Bertz CT molecular complexity index is 260. The van der Waals surface area contributed by atoms with Crippen LogP contribution < -0.4 is 9.83 Å². The van der Waals surface area contributed by atoms with Gasteiger partial charge in [0, 0.05) is 0 Å². The minimum atomic E-state index is -3.46. The summed E-state index contributed by atoms with van der Waals surface area (Å²) in [5.74, 6) is -1.46. The third kappa shape index (κ3) is 5.59. The van der Waals surface area contributed by atoms with Crippen molar-refractivity contribution in [3.8, 4) is 0 Å². The lowest BCUT2D eigenvalue weighted by atomic mass is 10.4. The quantitative estimate of drug-likeness (QED) is 0.597. The van der Waals surface area contributed by atoms with Crippen molar-refractivity contribution in [2.75, 3.05) is 5.75 Å². The molecule has 0 aliphatic rings. The molecule has 0 saturated heterocycles. The Morgan fingerprint density at radius 3 is 2.46 bits per heavy atom. The molecule has 0 aromatic heterocycles. The average Bonchev–Trinajstić information content (AvgIpc) is 2.00. The zero-order valence-electron chi connectivity index (χ0n) is 7.74. The standard InChI is InChI=1S/C7H15NO4S/c1-3-4-5-13(11,12)8-6(2)7(9)10/h6,8H,3-5H2,1-2H3,(H,9,10)/p-1/t6-/m1/s1. The van der Waals surface area contributed by atoms with Crippen LogP contribution in [-0.2, 0) is 14.8 Å². The number of carbonyl (C=O) groups excluding carboxylic acids is 1. The molecule has 0 aromatic carbocycles. The maximum Gasteiger partial charge on any atom is 0.212 e. The molecular formula is C7H14NO4S-. The molecule has 0 spiro atoms. The first-order valence-corrected chi connectivity index (χ1v) is 5.75. The smallest absolute Gasteiger partial charge is 0.212 e. The van der Waals surface area contributed by atoms with Crippen molar-refractivity contribution in [2.24, 2.45) is 0 Å². The maximum absolute atomic E-state index is 11.1. The van der Waals surface area contributed by atoms with E-state index < -0.39 is 22.0 Å². The number of sulfonamides is 1. The molecule has 0 saturated carbocycles. The third-order valence-electron chi connectivity index (χ3n) is 1.48. The highest BCUT2D eigenvalue weighted by atomic mass is 32.2. The summed E-state index contributed by atoms with van der Waals surface area (Å²) in [6.45, 7) is 3.09. The van der Waals surface area contributed by atoms with E-state index in [1.807, 2.05) is 11.6 Å². The van der Waals surface area contributed by atoms with Gasteiger partial charge in [0.1, 0.15) is 0 Å². The summed E-state index contributed by atoms with van der Waals surface area (Å²) in [6, 6.07) is -1.16. The Morgan fingerprint density at radius 1 is 1.54 bits per heavy atom. The summed E-state index contributed by atoms with van der Waals surface area (Å²) in [5.41, 5.74) is 0. The van der Waals surface area contributed by atoms with Gasteiger partial charge in [0.2, 0.25) is 10.0 Å². The van der Waals surface area contributed by atoms with Crippen LogP contribution in [0.2, 0.25) is 0 Å². The highest BCUT2D eigenvalue weighted by Gasteiger charge is 2.13. The van der Waals surface area contributed by atoms with E-state index in [0.717, 1.165) is 6.42 Å². The first-order valence-electron chi connectivity index (χ1n) is 4.10. The van der Waals surface area contributed by atoms with Crippen molar-refractivity contribution in [1.29, 1.82) is 0 Å². The summed E-state index contributed by atoms with van der Waals surface area (Å²) >= 11 is 0. The van der Waals surface area contributed by atoms with Gasteiger partial charge in [-0.05, 0) is 13.3 Å². The van der Waals surface area contributed by atoms with Crippen molar-refractivity contribution in [1.82, 2.24) is 4.72 Å². The number of carboxylic acid groups (broad SMARTS) is 1. The minimum absolute atomic E-state index is 0.0406. The summed E-state index contributed by atoms with van der Waals surface area (Å²) in [6.07, 6.45) is 1.27. The van der Waals surface area contributed by atoms with E-state index in [2.05, 4.69) is 0 Å². The second-order valence-corrected chi connectivity index (χ2v) is 4.70. The second kappa shape index (κ2) is 5.18. The molecule has 1 N–H and O–H groups in total. The first kappa shape index (κ1) is 12.4. The monoisotopic (exact) mass is 208 g/mol. The van der Waals surface area contributed by atoms with E-state index in [9.17, 15) is 18.3 Å². The van der Waals surface area contributed by atoms with Crippen LogP contribution in [0.3, 0.4) is 0 Å². The molecule has 0 fully saturated rings. The number of hydrogen-bond acceptors (Lipinski definition) is 4. The summed E-state index contributed by atoms with van der Waals surface area (Å²) < 4.78 is 24.2. The van der Waals surface area contributed by atoms with E-state index in [1.165, 1.54) is 6.92 Å². The van der Waals surface area contributed by atoms with E-state index in [4.69, 9.17) is 0 Å². The molecule has 0 amide bonds. The van der Waals surface area contributed by atoms with Crippen LogP contribution in [0.15, 0.2) is 0 Å². The van der Waals surface area contributed by atoms with E-state index >= 15 is 0 Å². The summed E-state index contributed by atoms with van der Waals surface area (Å²) in [7, 11) is -3.46. The number of rotatable bonds is 6. The van der Waals surface area contributed by atoms with Crippen LogP contribution in [0, 0.1) is 0 Å². The molecule has 0 rings (SSSR count). The zero-order valence-corrected chi connectivity index (χ0v) is 8.56. The number of carboxylic acids is 1. The molecule has 0 radical (unpaired) electrons.